The number of benzene rings is 1. The molecule has 0 bridgehead atoms. The van der Waals surface area contributed by atoms with Crippen LogP contribution in [0.4, 0.5) is 13.2 Å². The lowest BCUT2D eigenvalue weighted by Crippen LogP contribution is -2.18. The average molecular weight is 204 g/mol. The van der Waals surface area contributed by atoms with Gasteiger partial charge in [-0.25, -0.2) is 13.2 Å². The predicted molar refractivity (Wildman–Crippen MR) is 46.9 cm³/mol. The molecule has 1 atom stereocenters. The molecule has 0 heterocycles. The molecule has 1 rings (SSSR count). The Balaban J connectivity index is 3.07. The third kappa shape index (κ3) is 2.24. The van der Waals surface area contributed by atoms with E-state index < -0.39 is 23.5 Å². The van der Waals surface area contributed by atoms with Crippen LogP contribution < -0.4 is 11.5 Å². The van der Waals surface area contributed by atoms with E-state index in [0.717, 1.165) is 0 Å². The Morgan fingerprint density at radius 2 is 1.64 bits per heavy atom. The van der Waals surface area contributed by atoms with Gasteiger partial charge in [-0.15, -0.1) is 0 Å². The maximum atomic E-state index is 13.1. The van der Waals surface area contributed by atoms with Crippen molar-refractivity contribution >= 4 is 0 Å². The van der Waals surface area contributed by atoms with Crippen LogP contribution in [0.25, 0.3) is 0 Å². The molecule has 0 unspecified atom stereocenters. The average Bonchev–Trinajstić information content (AvgIpc) is 2.01. The van der Waals surface area contributed by atoms with Crippen LogP contribution in [0.3, 0.4) is 0 Å². The molecule has 0 radical (unpaired) electrons. The lowest BCUT2D eigenvalue weighted by Gasteiger charge is -2.12. The van der Waals surface area contributed by atoms with E-state index in [9.17, 15) is 13.2 Å². The minimum absolute atomic E-state index is 0.220. The highest BCUT2D eigenvalue weighted by Crippen LogP contribution is 2.22. The Kier molecular flexibility index (Phi) is 3.49. The van der Waals surface area contributed by atoms with E-state index in [1.807, 2.05) is 0 Å². The summed E-state index contributed by atoms with van der Waals surface area (Å²) >= 11 is 0. The van der Waals surface area contributed by atoms with Gasteiger partial charge in [0.05, 0.1) is 0 Å². The molecule has 0 aliphatic carbocycles. The Morgan fingerprint density at radius 3 is 2.07 bits per heavy atom. The molecule has 4 N–H and O–H groups in total. The van der Waals surface area contributed by atoms with Crippen LogP contribution >= 0.6 is 0 Å². The summed E-state index contributed by atoms with van der Waals surface area (Å²) in [5.41, 5.74) is 10.4. The monoisotopic (exact) mass is 204 g/mol. The van der Waals surface area contributed by atoms with Gasteiger partial charge in [0.2, 0.25) is 0 Å². The largest absolute Gasteiger partial charge is 0.330 e. The lowest BCUT2D eigenvalue weighted by molar-refractivity contribution is 0.495. The van der Waals surface area contributed by atoms with Crippen LogP contribution in [0.5, 0.6) is 0 Å². The second-order valence-corrected chi connectivity index (χ2v) is 2.97. The quantitative estimate of drug-likeness (QED) is 0.783. The minimum atomic E-state index is -0.969. The first kappa shape index (κ1) is 11.0. The zero-order chi connectivity index (χ0) is 10.7. The third-order valence-electron chi connectivity index (χ3n) is 1.89. The van der Waals surface area contributed by atoms with Gasteiger partial charge in [-0.05, 0) is 13.0 Å². The van der Waals surface area contributed by atoms with Crippen LogP contribution in [0.15, 0.2) is 12.1 Å². The smallest absolute Gasteiger partial charge is 0.133 e. The summed E-state index contributed by atoms with van der Waals surface area (Å²) in [7, 11) is 0. The normalized spacial score (nSPS) is 12.9. The Labute approximate surface area is 79.7 Å². The molecule has 0 aliphatic heterocycles. The molecule has 0 fully saturated rings. The molecule has 1 aromatic carbocycles. The first-order chi connectivity index (χ1) is 6.56. The van der Waals surface area contributed by atoms with Crippen molar-refractivity contribution in [1.29, 1.82) is 0 Å². The summed E-state index contributed by atoms with van der Waals surface area (Å²) in [6.45, 7) is 0.220. The van der Waals surface area contributed by atoms with Crippen LogP contribution in [-0.4, -0.2) is 6.54 Å². The molecule has 78 valence electrons. The van der Waals surface area contributed by atoms with Crippen molar-refractivity contribution in [3.05, 3.63) is 35.1 Å². The van der Waals surface area contributed by atoms with Crippen molar-refractivity contribution in [2.24, 2.45) is 11.5 Å². The standard InChI is InChI=1S/C9H11F3N2/c10-5-3-6(11)9(7(12)4-5)8(14)1-2-13/h3-4,8H,1-2,13-14H2/t8-/m0/s1. The fourth-order valence-electron chi connectivity index (χ4n) is 1.23. The first-order valence-corrected chi connectivity index (χ1v) is 4.16. The van der Waals surface area contributed by atoms with E-state index in [-0.39, 0.29) is 18.5 Å². The van der Waals surface area contributed by atoms with E-state index in [2.05, 4.69) is 0 Å². The molecule has 2 nitrogen and oxygen atoms in total. The number of rotatable bonds is 3. The van der Waals surface area contributed by atoms with E-state index in [0.29, 0.717) is 12.1 Å². The molecule has 0 saturated heterocycles. The fraction of sp³-hybridized carbons (Fsp3) is 0.333. The van der Waals surface area contributed by atoms with Crippen LogP contribution in [0, 0.1) is 17.5 Å². The minimum Gasteiger partial charge on any atom is -0.330 e. The van der Waals surface area contributed by atoms with Crippen molar-refractivity contribution < 1.29 is 13.2 Å². The van der Waals surface area contributed by atoms with Gasteiger partial charge in [-0.3, -0.25) is 0 Å². The van der Waals surface area contributed by atoms with E-state index in [1.54, 1.807) is 0 Å². The number of nitrogens with two attached hydrogens (primary N) is 2. The highest BCUT2D eigenvalue weighted by atomic mass is 19.1. The van der Waals surface area contributed by atoms with Gasteiger partial charge < -0.3 is 11.5 Å². The SMILES string of the molecule is NCC[C@H](N)c1c(F)cc(F)cc1F. The summed E-state index contributed by atoms with van der Waals surface area (Å²) in [5.74, 6) is -2.89. The molecule has 0 aliphatic rings. The Bertz CT molecular complexity index is 305. The summed E-state index contributed by atoms with van der Waals surface area (Å²) in [5, 5.41) is 0. The Morgan fingerprint density at radius 1 is 1.14 bits per heavy atom. The summed E-state index contributed by atoms with van der Waals surface area (Å²) in [6.07, 6.45) is 0.249. The van der Waals surface area contributed by atoms with Gasteiger partial charge in [-0.1, -0.05) is 0 Å². The second-order valence-electron chi connectivity index (χ2n) is 2.97. The predicted octanol–water partition coefficient (Wildman–Crippen LogP) is 1.45. The molecule has 0 spiro atoms. The molecule has 5 heteroatoms. The molecule has 0 amide bonds. The highest BCUT2D eigenvalue weighted by molar-refractivity contribution is 5.23. The summed E-state index contributed by atoms with van der Waals surface area (Å²) in [6, 6.07) is 0.379. The van der Waals surface area contributed by atoms with Crippen LogP contribution in [0.1, 0.15) is 18.0 Å². The fourth-order valence-corrected chi connectivity index (χ4v) is 1.23. The van der Waals surface area contributed by atoms with Gasteiger partial charge in [0.15, 0.2) is 0 Å². The van der Waals surface area contributed by atoms with Crippen molar-refractivity contribution in [2.45, 2.75) is 12.5 Å². The van der Waals surface area contributed by atoms with E-state index in [1.165, 1.54) is 0 Å². The molecular weight excluding hydrogens is 193 g/mol. The topological polar surface area (TPSA) is 52.0 Å². The maximum Gasteiger partial charge on any atom is 0.133 e. The van der Waals surface area contributed by atoms with Crippen molar-refractivity contribution in [1.82, 2.24) is 0 Å². The van der Waals surface area contributed by atoms with Gasteiger partial charge in [-0.2, -0.15) is 0 Å². The van der Waals surface area contributed by atoms with E-state index >= 15 is 0 Å². The van der Waals surface area contributed by atoms with Crippen LogP contribution in [-0.2, 0) is 0 Å². The molecule has 1 aromatic rings. The lowest BCUT2D eigenvalue weighted by atomic mass is 10.0. The van der Waals surface area contributed by atoms with Gasteiger partial charge in [0.25, 0.3) is 0 Å². The van der Waals surface area contributed by atoms with Crippen molar-refractivity contribution in [2.75, 3.05) is 6.54 Å². The maximum absolute atomic E-state index is 13.1. The van der Waals surface area contributed by atoms with Gasteiger partial charge in [0, 0.05) is 23.7 Å². The zero-order valence-corrected chi connectivity index (χ0v) is 7.43. The molecule has 14 heavy (non-hydrogen) atoms. The summed E-state index contributed by atoms with van der Waals surface area (Å²) < 4.78 is 38.7. The zero-order valence-electron chi connectivity index (χ0n) is 7.43. The third-order valence-corrected chi connectivity index (χ3v) is 1.89. The Hall–Kier alpha value is -1.07. The number of halogens is 3. The van der Waals surface area contributed by atoms with Crippen LogP contribution in [0.2, 0.25) is 0 Å². The molecular formula is C9H11F3N2. The van der Waals surface area contributed by atoms with Gasteiger partial charge in [0.1, 0.15) is 17.5 Å². The molecule has 0 saturated carbocycles. The second kappa shape index (κ2) is 4.43. The summed E-state index contributed by atoms with van der Waals surface area (Å²) in [4.78, 5) is 0. The first-order valence-electron chi connectivity index (χ1n) is 4.16. The number of hydrogen-bond acceptors (Lipinski definition) is 2. The highest BCUT2D eigenvalue weighted by Gasteiger charge is 2.17. The molecule has 0 aromatic heterocycles. The number of hydrogen-bond donors (Lipinski definition) is 2. The van der Waals surface area contributed by atoms with E-state index in [4.69, 9.17) is 11.5 Å². The van der Waals surface area contributed by atoms with Crippen molar-refractivity contribution in [3.8, 4) is 0 Å². The van der Waals surface area contributed by atoms with Crippen molar-refractivity contribution in [3.63, 3.8) is 0 Å². The van der Waals surface area contributed by atoms with Gasteiger partial charge >= 0.3 is 0 Å².